The van der Waals surface area contributed by atoms with E-state index in [9.17, 15) is 0 Å². The number of rotatable bonds is 4. The van der Waals surface area contributed by atoms with Crippen molar-refractivity contribution >= 4 is 16.5 Å². The monoisotopic (exact) mass is 284 g/mol. The van der Waals surface area contributed by atoms with E-state index in [1.807, 2.05) is 47.4 Å². The van der Waals surface area contributed by atoms with Gasteiger partial charge in [-0.2, -0.15) is 5.10 Å². The molecule has 3 aromatic rings. The van der Waals surface area contributed by atoms with Crippen LogP contribution in [0.2, 0.25) is 0 Å². The van der Waals surface area contributed by atoms with Crippen LogP contribution >= 0.6 is 11.3 Å². The molecule has 2 heterocycles. The molecule has 0 atom stereocenters. The van der Waals surface area contributed by atoms with Crippen molar-refractivity contribution in [1.82, 2.24) is 14.8 Å². The van der Waals surface area contributed by atoms with E-state index in [1.54, 1.807) is 11.3 Å². The van der Waals surface area contributed by atoms with Gasteiger partial charge >= 0.3 is 0 Å². The standard InChI is InChI=1S/C15H16N4S/c1-11(2)17-15-18-14(10-20-15)12-8-16-19(9-12)13-6-4-3-5-7-13/h3-11H,1-2H3,(H,17,18). The van der Waals surface area contributed by atoms with E-state index in [0.29, 0.717) is 6.04 Å². The van der Waals surface area contributed by atoms with Crippen molar-refractivity contribution in [2.75, 3.05) is 5.32 Å². The van der Waals surface area contributed by atoms with Gasteiger partial charge in [-0.3, -0.25) is 0 Å². The largest absolute Gasteiger partial charge is 0.359 e. The quantitative estimate of drug-likeness (QED) is 0.792. The molecular weight excluding hydrogens is 268 g/mol. The van der Waals surface area contributed by atoms with Crippen molar-refractivity contribution in [2.24, 2.45) is 0 Å². The molecule has 3 rings (SSSR count). The maximum atomic E-state index is 4.58. The van der Waals surface area contributed by atoms with Gasteiger partial charge in [0.15, 0.2) is 5.13 Å². The molecule has 4 nitrogen and oxygen atoms in total. The predicted octanol–water partition coefficient (Wildman–Crippen LogP) is 3.82. The molecule has 0 amide bonds. The zero-order chi connectivity index (χ0) is 13.9. The Hall–Kier alpha value is -2.14. The second-order valence-electron chi connectivity index (χ2n) is 4.85. The maximum absolute atomic E-state index is 4.58. The van der Waals surface area contributed by atoms with Crippen LogP contribution in [0.5, 0.6) is 0 Å². The molecule has 0 saturated carbocycles. The van der Waals surface area contributed by atoms with Crippen molar-refractivity contribution < 1.29 is 0 Å². The molecule has 1 aromatic carbocycles. The maximum Gasteiger partial charge on any atom is 0.183 e. The van der Waals surface area contributed by atoms with Gasteiger partial charge in [0.2, 0.25) is 0 Å². The van der Waals surface area contributed by atoms with Crippen LogP contribution in [0.1, 0.15) is 13.8 Å². The molecule has 0 fully saturated rings. The van der Waals surface area contributed by atoms with Gasteiger partial charge in [-0.15, -0.1) is 11.3 Å². The van der Waals surface area contributed by atoms with E-state index < -0.39 is 0 Å². The minimum Gasteiger partial charge on any atom is -0.359 e. The highest BCUT2D eigenvalue weighted by atomic mass is 32.1. The third-order valence-electron chi connectivity index (χ3n) is 2.82. The first-order valence-corrected chi connectivity index (χ1v) is 7.43. The van der Waals surface area contributed by atoms with Crippen molar-refractivity contribution in [2.45, 2.75) is 19.9 Å². The van der Waals surface area contributed by atoms with Gasteiger partial charge in [-0.05, 0) is 26.0 Å². The Kier molecular flexibility index (Phi) is 3.52. The molecule has 2 aromatic heterocycles. The fourth-order valence-corrected chi connectivity index (χ4v) is 2.76. The number of nitrogens with one attached hydrogen (secondary N) is 1. The Morgan fingerprint density at radius 1 is 1.20 bits per heavy atom. The van der Waals surface area contributed by atoms with Gasteiger partial charge < -0.3 is 5.32 Å². The van der Waals surface area contributed by atoms with Crippen molar-refractivity contribution in [3.05, 3.63) is 48.1 Å². The van der Waals surface area contributed by atoms with E-state index in [2.05, 4.69) is 34.6 Å². The molecule has 0 aliphatic carbocycles. The lowest BCUT2D eigenvalue weighted by atomic mass is 10.3. The fourth-order valence-electron chi connectivity index (χ4n) is 1.90. The van der Waals surface area contributed by atoms with Crippen molar-refractivity contribution in [3.8, 4) is 16.9 Å². The average molecular weight is 284 g/mol. The van der Waals surface area contributed by atoms with Gasteiger partial charge in [0.05, 0.1) is 17.6 Å². The summed E-state index contributed by atoms with van der Waals surface area (Å²) in [6.07, 6.45) is 3.85. The molecule has 0 bridgehead atoms. The van der Waals surface area contributed by atoms with Crippen molar-refractivity contribution in [1.29, 1.82) is 0 Å². The number of hydrogen-bond donors (Lipinski definition) is 1. The van der Waals surface area contributed by atoms with Crippen LogP contribution < -0.4 is 5.32 Å². The smallest absolute Gasteiger partial charge is 0.183 e. The van der Waals surface area contributed by atoms with E-state index in [1.165, 1.54) is 0 Å². The normalized spacial score (nSPS) is 10.9. The highest BCUT2D eigenvalue weighted by molar-refractivity contribution is 7.14. The van der Waals surface area contributed by atoms with Crippen LogP contribution in [0.4, 0.5) is 5.13 Å². The summed E-state index contributed by atoms with van der Waals surface area (Å²) in [4.78, 5) is 4.58. The Labute approximate surface area is 122 Å². The molecule has 0 unspecified atom stereocenters. The summed E-state index contributed by atoms with van der Waals surface area (Å²) in [6.45, 7) is 4.21. The number of para-hydroxylation sites is 1. The summed E-state index contributed by atoms with van der Waals surface area (Å²) in [5, 5.41) is 10.7. The second kappa shape index (κ2) is 5.46. The van der Waals surface area contributed by atoms with Crippen LogP contribution in [0, 0.1) is 0 Å². The molecule has 5 heteroatoms. The molecule has 0 aliphatic heterocycles. The fraction of sp³-hybridized carbons (Fsp3) is 0.200. The lowest BCUT2D eigenvalue weighted by Crippen LogP contribution is -2.08. The first-order valence-electron chi connectivity index (χ1n) is 6.55. The second-order valence-corrected chi connectivity index (χ2v) is 5.70. The Bertz CT molecular complexity index is 685. The van der Waals surface area contributed by atoms with Crippen molar-refractivity contribution in [3.63, 3.8) is 0 Å². The summed E-state index contributed by atoms with van der Waals surface area (Å²) in [5.74, 6) is 0. The zero-order valence-electron chi connectivity index (χ0n) is 11.4. The van der Waals surface area contributed by atoms with Crippen LogP contribution in [-0.2, 0) is 0 Å². The molecule has 0 spiro atoms. The van der Waals surface area contributed by atoms with Gasteiger partial charge in [-0.1, -0.05) is 18.2 Å². The lowest BCUT2D eigenvalue weighted by molar-refractivity contribution is 0.880. The molecule has 102 valence electrons. The van der Waals surface area contributed by atoms with Gasteiger partial charge in [0.1, 0.15) is 0 Å². The van der Waals surface area contributed by atoms with E-state index >= 15 is 0 Å². The number of thiazole rings is 1. The topological polar surface area (TPSA) is 42.7 Å². The molecule has 0 saturated heterocycles. The van der Waals surface area contributed by atoms with Crippen LogP contribution in [0.15, 0.2) is 48.1 Å². The zero-order valence-corrected chi connectivity index (χ0v) is 12.3. The minimum atomic E-state index is 0.390. The first-order chi connectivity index (χ1) is 9.72. The van der Waals surface area contributed by atoms with E-state index in [-0.39, 0.29) is 0 Å². The molecule has 20 heavy (non-hydrogen) atoms. The van der Waals surface area contributed by atoms with Gasteiger partial charge in [0.25, 0.3) is 0 Å². The molecular formula is C15H16N4S. The highest BCUT2D eigenvalue weighted by Gasteiger charge is 2.08. The van der Waals surface area contributed by atoms with E-state index in [4.69, 9.17) is 0 Å². The Balaban J connectivity index is 1.85. The summed E-state index contributed by atoms with van der Waals surface area (Å²) < 4.78 is 1.87. The van der Waals surface area contributed by atoms with E-state index in [0.717, 1.165) is 22.1 Å². The first kappa shape index (κ1) is 12.9. The number of hydrogen-bond acceptors (Lipinski definition) is 4. The summed E-state index contributed by atoms with van der Waals surface area (Å²) in [7, 11) is 0. The number of benzene rings is 1. The number of nitrogens with zero attached hydrogens (tertiary/aromatic N) is 3. The third kappa shape index (κ3) is 2.72. The minimum absolute atomic E-state index is 0.390. The summed E-state index contributed by atoms with van der Waals surface area (Å²) >= 11 is 1.62. The van der Waals surface area contributed by atoms with Crippen LogP contribution in [0.3, 0.4) is 0 Å². The van der Waals surface area contributed by atoms with Gasteiger partial charge in [0, 0.05) is 23.2 Å². The number of aromatic nitrogens is 3. The average Bonchev–Trinajstić information content (AvgIpc) is 3.07. The molecule has 0 radical (unpaired) electrons. The predicted molar refractivity (Wildman–Crippen MR) is 83.4 cm³/mol. The molecule has 1 N–H and O–H groups in total. The Morgan fingerprint density at radius 2 is 2.00 bits per heavy atom. The Morgan fingerprint density at radius 3 is 2.75 bits per heavy atom. The lowest BCUT2D eigenvalue weighted by Gasteiger charge is -2.04. The SMILES string of the molecule is CC(C)Nc1nc(-c2cnn(-c3ccccc3)c2)cs1. The highest BCUT2D eigenvalue weighted by Crippen LogP contribution is 2.25. The molecule has 0 aliphatic rings. The number of anilines is 1. The summed E-state index contributed by atoms with van der Waals surface area (Å²) in [5.41, 5.74) is 3.04. The van der Waals surface area contributed by atoms with Crippen LogP contribution in [0.25, 0.3) is 16.9 Å². The third-order valence-corrected chi connectivity index (χ3v) is 3.59. The van der Waals surface area contributed by atoms with Gasteiger partial charge in [-0.25, -0.2) is 9.67 Å². The summed E-state index contributed by atoms with van der Waals surface area (Å²) in [6, 6.07) is 10.5. The van der Waals surface area contributed by atoms with Crippen LogP contribution in [-0.4, -0.2) is 20.8 Å².